The molecule has 0 saturated heterocycles. The number of alkyl halides is 3. The van der Waals surface area contributed by atoms with Gasteiger partial charge >= 0.3 is 6.36 Å². The lowest BCUT2D eigenvalue weighted by Gasteiger charge is -2.24. The van der Waals surface area contributed by atoms with Crippen LogP contribution in [0.25, 0.3) is 11.1 Å². The summed E-state index contributed by atoms with van der Waals surface area (Å²) in [6.07, 6.45) is -3.47. The Kier molecular flexibility index (Phi) is 8.03. The number of nitrogens with one attached hydrogen (secondary N) is 1. The maximum Gasteiger partial charge on any atom is 0.573 e. The van der Waals surface area contributed by atoms with Crippen LogP contribution in [-0.4, -0.2) is 38.8 Å². The Morgan fingerprint density at radius 1 is 1.00 bits per heavy atom. The summed E-state index contributed by atoms with van der Waals surface area (Å²) in [5.74, 6) is 0.101. The Bertz CT molecular complexity index is 1800. The van der Waals surface area contributed by atoms with Crippen LogP contribution < -0.4 is 10.3 Å². The molecule has 1 aliphatic heterocycles. The number of carbonyl (C=O) groups excluding carboxylic acids is 1. The van der Waals surface area contributed by atoms with Crippen LogP contribution in [0, 0.1) is 0 Å². The molecule has 4 aromatic rings. The second-order valence-electron chi connectivity index (χ2n) is 12.2. The molecule has 1 saturated carbocycles. The zero-order chi connectivity index (χ0) is 31.9. The summed E-state index contributed by atoms with van der Waals surface area (Å²) in [7, 11) is 0. The molecule has 6 rings (SSSR count). The van der Waals surface area contributed by atoms with Crippen molar-refractivity contribution >= 4 is 5.91 Å². The van der Waals surface area contributed by atoms with Gasteiger partial charge in [-0.15, -0.1) is 13.2 Å². The van der Waals surface area contributed by atoms with Gasteiger partial charge in [0.15, 0.2) is 6.10 Å². The van der Waals surface area contributed by atoms with Gasteiger partial charge in [-0.05, 0) is 77.6 Å². The number of aliphatic hydroxyl groups is 1. The molecule has 1 aromatic heterocycles. The minimum atomic E-state index is -4.83. The average Bonchev–Trinajstić information content (AvgIpc) is 3.85. The Labute approximate surface area is 258 Å². The third-order valence-corrected chi connectivity index (χ3v) is 8.75. The van der Waals surface area contributed by atoms with Crippen LogP contribution in [0.4, 0.5) is 13.2 Å². The van der Waals surface area contributed by atoms with Crippen LogP contribution in [0.1, 0.15) is 78.9 Å². The van der Waals surface area contributed by atoms with Crippen LogP contribution in [-0.2, 0) is 23.2 Å². The normalized spacial score (nSPS) is 16.6. The third kappa shape index (κ3) is 6.38. The fraction of sp³-hybridized carbons (Fsp3) is 0.343. The number of aliphatic hydroxyl groups excluding tert-OH is 1. The number of aromatic amines is 1. The highest BCUT2D eigenvalue weighted by atomic mass is 19.4. The predicted molar refractivity (Wildman–Crippen MR) is 163 cm³/mol. The number of nitrogens with zero attached hydrogens (tertiary/aromatic N) is 2. The smallest absolute Gasteiger partial charge is 0.406 e. The lowest BCUT2D eigenvalue weighted by molar-refractivity contribution is -0.274. The van der Waals surface area contributed by atoms with Gasteiger partial charge in [0.05, 0.1) is 23.2 Å². The van der Waals surface area contributed by atoms with Crippen LogP contribution in [0.3, 0.4) is 0 Å². The van der Waals surface area contributed by atoms with Gasteiger partial charge in [0.1, 0.15) is 11.6 Å². The minimum absolute atomic E-state index is 0.0141. The van der Waals surface area contributed by atoms with Crippen molar-refractivity contribution in [3.8, 4) is 16.9 Å². The fourth-order valence-corrected chi connectivity index (χ4v) is 6.10. The summed E-state index contributed by atoms with van der Waals surface area (Å²) < 4.78 is 42.2. The van der Waals surface area contributed by atoms with Gasteiger partial charge in [-0.25, -0.2) is 4.98 Å². The van der Waals surface area contributed by atoms with E-state index in [1.807, 2.05) is 0 Å². The molecule has 2 heterocycles. The summed E-state index contributed by atoms with van der Waals surface area (Å²) in [5.41, 5.74) is 4.09. The van der Waals surface area contributed by atoms with Gasteiger partial charge in [0, 0.05) is 6.54 Å². The van der Waals surface area contributed by atoms with Gasteiger partial charge in [0.25, 0.3) is 11.5 Å². The number of hydrogen-bond acceptors (Lipinski definition) is 5. The zero-order valence-electron chi connectivity index (χ0n) is 25.0. The first kappa shape index (κ1) is 30.6. The first-order chi connectivity index (χ1) is 21.4. The summed E-state index contributed by atoms with van der Waals surface area (Å²) in [4.78, 5) is 36.5. The molecule has 0 radical (unpaired) electrons. The topological polar surface area (TPSA) is 95.5 Å². The monoisotopic (exact) mass is 617 g/mol. The Morgan fingerprint density at radius 2 is 1.69 bits per heavy atom. The molecular weight excluding hydrogens is 583 g/mol. The Hall–Kier alpha value is -4.44. The molecule has 2 N–H and O–H groups in total. The molecule has 0 spiro atoms. The van der Waals surface area contributed by atoms with E-state index in [1.165, 1.54) is 28.7 Å². The molecule has 1 amide bonds. The van der Waals surface area contributed by atoms with E-state index < -0.39 is 18.4 Å². The van der Waals surface area contributed by atoms with Gasteiger partial charge in [0.2, 0.25) is 0 Å². The number of carbonyl (C=O) groups is 1. The Morgan fingerprint density at radius 3 is 2.40 bits per heavy atom. The van der Waals surface area contributed by atoms with Crippen LogP contribution in [0.5, 0.6) is 5.75 Å². The van der Waals surface area contributed by atoms with Crippen molar-refractivity contribution in [3.63, 3.8) is 0 Å². The summed E-state index contributed by atoms with van der Waals surface area (Å²) >= 11 is 0. The van der Waals surface area contributed by atoms with E-state index in [4.69, 9.17) is 4.98 Å². The summed E-state index contributed by atoms with van der Waals surface area (Å²) in [6.45, 7) is 4.65. The molecule has 1 unspecified atom stereocenters. The van der Waals surface area contributed by atoms with Crippen molar-refractivity contribution < 1.29 is 27.8 Å². The highest BCUT2D eigenvalue weighted by Crippen LogP contribution is 2.52. The number of halogens is 3. The van der Waals surface area contributed by atoms with E-state index in [1.54, 1.807) is 30.3 Å². The summed E-state index contributed by atoms with van der Waals surface area (Å²) in [5, 5.41) is 11.1. The van der Waals surface area contributed by atoms with Gasteiger partial charge < -0.3 is 19.7 Å². The predicted octanol–water partition coefficient (Wildman–Crippen LogP) is 6.55. The highest BCUT2D eigenvalue weighted by Gasteiger charge is 2.49. The molecule has 10 heteroatoms. The molecule has 2 aliphatic rings. The van der Waals surface area contributed by atoms with Crippen molar-refractivity contribution in [2.24, 2.45) is 0 Å². The average molecular weight is 618 g/mol. The highest BCUT2D eigenvalue weighted by molar-refractivity contribution is 5.83. The van der Waals surface area contributed by atoms with E-state index in [-0.39, 0.29) is 28.8 Å². The fourth-order valence-electron chi connectivity index (χ4n) is 6.10. The zero-order valence-corrected chi connectivity index (χ0v) is 25.0. The number of fused-ring (bicyclic) bond motifs is 1. The largest absolute Gasteiger partial charge is 0.573 e. The molecule has 3 aromatic carbocycles. The summed E-state index contributed by atoms with van der Waals surface area (Å²) in [6, 6.07) is 20.4. The molecule has 0 bridgehead atoms. The van der Waals surface area contributed by atoms with Gasteiger partial charge in [-0.3, -0.25) is 9.59 Å². The number of benzene rings is 3. The van der Waals surface area contributed by atoms with Crippen LogP contribution in [0.15, 0.2) is 77.6 Å². The van der Waals surface area contributed by atoms with Crippen molar-refractivity contribution in [2.75, 3.05) is 6.54 Å². The molecule has 1 atom stereocenters. The lowest BCUT2D eigenvalue weighted by atomic mass is 9.90. The maximum atomic E-state index is 13.5. The third-order valence-electron chi connectivity index (χ3n) is 8.75. The van der Waals surface area contributed by atoms with E-state index in [0.717, 1.165) is 18.4 Å². The van der Waals surface area contributed by atoms with Gasteiger partial charge in [-0.2, -0.15) is 0 Å². The first-order valence-electron chi connectivity index (χ1n) is 15.1. The van der Waals surface area contributed by atoms with Crippen molar-refractivity contribution in [1.29, 1.82) is 0 Å². The molecule has 7 nitrogen and oxygen atoms in total. The van der Waals surface area contributed by atoms with Crippen LogP contribution >= 0.6 is 0 Å². The van der Waals surface area contributed by atoms with E-state index in [2.05, 4.69) is 47.8 Å². The van der Waals surface area contributed by atoms with Crippen molar-refractivity contribution in [2.45, 2.75) is 69.9 Å². The lowest BCUT2D eigenvalue weighted by Crippen LogP contribution is -2.36. The number of H-pyrrole nitrogens is 1. The minimum Gasteiger partial charge on any atom is -0.406 e. The number of rotatable bonds is 7. The number of amides is 1. The number of aryl methyl sites for hydroxylation is 1. The Balaban J connectivity index is 1.22. The quantitative estimate of drug-likeness (QED) is 0.245. The van der Waals surface area contributed by atoms with E-state index >= 15 is 0 Å². The standard InChI is InChI=1S/C35H34F3N3O4/c1-21(2)22-7-4-11-26(18-22)34(14-15-34)33-39-29-13-6-16-41(20-28(29)31(43)40-33)32(44)30(42)25-10-3-8-23(17-25)24-9-5-12-27(19-24)45-35(36,37)38/h3-5,7-12,17-19,21,30,42H,6,13-16,20H2,1-2H3,(H,39,40,43). The number of hydrogen-bond donors (Lipinski definition) is 2. The molecule has 234 valence electrons. The first-order valence-corrected chi connectivity index (χ1v) is 15.1. The number of aromatic nitrogens is 2. The van der Waals surface area contributed by atoms with Crippen molar-refractivity contribution in [3.05, 3.63) is 117 Å². The molecular formula is C35H34F3N3O4. The van der Waals surface area contributed by atoms with Crippen molar-refractivity contribution in [1.82, 2.24) is 14.9 Å². The second kappa shape index (κ2) is 11.8. The SMILES string of the molecule is CC(C)c1cccc(C2(c3nc4c(c(=O)[nH]3)CN(C(=O)C(O)c3cccc(-c5cccc(OC(F)(F)F)c5)c3)CCC4)CC2)c1. The number of ether oxygens (including phenoxy) is 1. The van der Waals surface area contributed by atoms with Gasteiger partial charge in [-0.1, -0.05) is 68.4 Å². The van der Waals surface area contributed by atoms with E-state index in [9.17, 15) is 27.9 Å². The second-order valence-corrected chi connectivity index (χ2v) is 12.2. The maximum absolute atomic E-state index is 13.5. The molecule has 1 aliphatic carbocycles. The van der Waals surface area contributed by atoms with Crippen LogP contribution in [0.2, 0.25) is 0 Å². The molecule has 45 heavy (non-hydrogen) atoms. The molecule has 1 fully saturated rings. The van der Waals surface area contributed by atoms with E-state index in [0.29, 0.717) is 53.5 Å².